The Morgan fingerprint density at radius 2 is 1.81 bits per heavy atom. The summed E-state index contributed by atoms with van der Waals surface area (Å²) in [6.07, 6.45) is 3.59. The number of nitro benzene ring substituents is 1. The molecule has 1 amide bonds. The van der Waals surface area contributed by atoms with Crippen LogP contribution in [0.15, 0.2) is 23.1 Å². The molecule has 0 aromatic heterocycles. The van der Waals surface area contributed by atoms with E-state index in [1.165, 1.54) is 29.3 Å². The third-order valence-corrected chi connectivity index (χ3v) is 8.11. The Hall–Kier alpha value is -2.24. The Morgan fingerprint density at radius 1 is 1.13 bits per heavy atom. The minimum absolute atomic E-state index is 0.0630. The number of hydrogen-bond donors (Lipinski definition) is 1. The van der Waals surface area contributed by atoms with Crippen LogP contribution >= 0.6 is 0 Å². The lowest BCUT2D eigenvalue weighted by Gasteiger charge is -2.33. The standard InChI is InChI=1S/C20H28N4O6S/c25-20(21-14-15-1-2-15)16-5-7-22(8-6-16)18-4-3-17(13-19(18)24(26)27)31(28,29)23-9-11-30-12-10-23/h3-4,13,15-16H,1-2,5-12,14H2,(H,21,25). The largest absolute Gasteiger partial charge is 0.379 e. The Labute approximate surface area is 181 Å². The summed E-state index contributed by atoms with van der Waals surface area (Å²) in [6.45, 7) is 2.84. The third-order valence-electron chi connectivity index (χ3n) is 6.22. The van der Waals surface area contributed by atoms with Gasteiger partial charge < -0.3 is 15.0 Å². The number of carbonyl (C=O) groups is 1. The van der Waals surface area contributed by atoms with E-state index in [9.17, 15) is 23.3 Å². The van der Waals surface area contributed by atoms with Gasteiger partial charge in [-0.1, -0.05) is 0 Å². The third kappa shape index (κ3) is 4.99. The quantitative estimate of drug-likeness (QED) is 0.489. The van der Waals surface area contributed by atoms with Crippen LogP contribution in [-0.4, -0.2) is 69.5 Å². The van der Waals surface area contributed by atoms with E-state index >= 15 is 0 Å². The normalized spacial score (nSPS) is 21.1. The summed E-state index contributed by atoms with van der Waals surface area (Å²) in [7, 11) is -3.82. The zero-order valence-electron chi connectivity index (χ0n) is 17.4. The Morgan fingerprint density at radius 3 is 2.42 bits per heavy atom. The fourth-order valence-corrected chi connectivity index (χ4v) is 5.54. The second kappa shape index (κ2) is 9.09. The van der Waals surface area contributed by atoms with E-state index in [0.717, 1.165) is 12.6 Å². The zero-order chi connectivity index (χ0) is 22.0. The van der Waals surface area contributed by atoms with Gasteiger partial charge in [-0.3, -0.25) is 14.9 Å². The second-order valence-corrected chi connectivity index (χ2v) is 10.3. The lowest BCUT2D eigenvalue weighted by atomic mass is 9.95. The molecular weight excluding hydrogens is 424 g/mol. The number of ether oxygens (including phenoxy) is 1. The Bertz CT molecular complexity index is 935. The fraction of sp³-hybridized carbons (Fsp3) is 0.650. The molecular formula is C20H28N4O6S. The van der Waals surface area contributed by atoms with E-state index < -0.39 is 14.9 Å². The predicted molar refractivity (Wildman–Crippen MR) is 113 cm³/mol. The first-order valence-electron chi connectivity index (χ1n) is 10.8. The monoisotopic (exact) mass is 452 g/mol. The zero-order valence-corrected chi connectivity index (χ0v) is 18.2. The number of rotatable bonds is 7. The molecule has 1 aliphatic carbocycles. The molecule has 31 heavy (non-hydrogen) atoms. The second-order valence-electron chi connectivity index (χ2n) is 8.37. The van der Waals surface area contributed by atoms with Gasteiger partial charge in [0.25, 0.3) is 5.69 Å². The van der Waals surface area contributed by atoms with Crippen molar-refractivity contribution in [3.8, 4) is 0 Å². The number of nitrogens with zero attached hydrogens (tertiary/aromatic N) is 3. The van der Waals surface area contributed by atoms with Crippen molar-refractivity contribution in [3.05, 3.63) is 28.3 Å². The fourth-order valence-electron chi connectivity index (χ4n) is 4.11. The van der Waals surface area contributed by atoms with Crippen molar-refractivity contribution < 1.29 is 22.9 Å². The summed E-state index contributed by atoms with van der Waals surface area (Å²) in [5.41, 5.74) is 0.161. The number of piperidine rings is 1. The van der Waals surface area contributed by atoms with Crippen LogP contribution in [0, 0.1) is 22.0 Å². The van der Waals surface area contributed by atoms with Crippen LogP contribution in [-0.2, 0) is 19.6 Å². The van der Waals surface area contributed by atoms with Crippen molar-refractivity contribution in [1.82, 2.24) is 9.62 Å². The van der Waals surface area contributed by atoms with Crippen LogP contribution in [0.4, 0.5) is 11.4 Å². The van der Waals surface area contributed by atoms with Crippen molar-refractivity contribution in [2.45, 2.75) is 30.6 Å². The number of benzene rings is 1. The van der Waals surface area contributed by atoms with E-state index in [-0.39, 0.29) is 35.5 Å². The van der Waals surface area contributed by atoms with E-state index in [1.54, 1.807) is 0 Å². The molecule has 10 nitrogen and oxygen atoms in total. The van der Waals surface area contributed by atoms with Crippen LogP contribution in [0.1, 0.15) is 25.7 Å². The molecule has 0 bridgehead atoms. The number of anilines is 1. The highest BCUT2D eigenvalue weighted by atomic mass is 32.2. The van der Waals surface area contributed by atoms with E-state index in [1.807, 2.05) is 4.90 Å². The van der Waals surface area contributed by atoms with Gasteiger partial charge in [0.2, 0.25) is 15.9 Å². The number of sulfonamides is 1. The van der Waals surface area contributed by atoms with E-state index in [4.69, 9.17) is 4.74 Å². The lowest BCUT2D eigenvalue weighted by molar-refractivity contribution is -0.384. The molecule has 2 aliphatic heterocycles. The first-order valence-corrected chi connectivity index (χ1v) is 12.2. The minimum atomic E-state index is -3.82. The topological polar surface area (TPSA) is 122 Å². The van der Waals surface area contributed by atoms with Crippen molar-refractivity contribution in [3.63, 3.8) is 0 Å². The molecule has 1 aromatic rings. The number of nitrogens with one attached hydrogen (secondary N) is 1. The maximum atomic E-state index is 12.9. The molecule has 0 atom stereocenters. The number of carbonyl (C=O) groups excluding carboxylic acids is 1. The van der Waals surface area contributed by atoms with Crippen molar-refractivity contribution in [2.24, 2.45) is 11.8 Å². The summed E-state index contributed by atoms with van der Waals surface area (Å²) in [5, 5.41) is 14.7. The Kier molecular flexibility index (Phi) is 6.44. The van der Waals surface area contributed by atoms with Crippen LogP contribution in [0.25, 0.3) is 0 Å². The van der Waals surface area contributed by atoms with Crippen LogP contribution in [0.5, 0.6) is 0 Å². The van der Waals surface area contributed by atoms with E-state index in [0.29, 0.717) is 50.8 Å². The van der Waals surface area contributed by atoms with Gasteiger partial charge in [0.15, 0.2) is 0 Å². The molecule has 2 saturated heterocycles. The van der Waals surface area contributed by atoms with Gasteiger partial charge in [0, 0.05) is 44.7 Å². The smallest absolute Gasteiger partial charge is 0.293 e. The summed E-state index contributed by atoms with van der Waals surface area (Å²) in [5.74, 6) is 0.599. The van der Waals surface area contributed by atoms with Gasteiger partial charge in [0.1, 0.15) is 5.69 Å². The van der Waals surface area contributed by atoms with Gasteiger partial charge >= 0.3 is 0 Å². The number of hydrogen-bond acceptors (Lipinski definition) is 7. The molecule has 0 spiro atoms. The number of amides is 1. The van der Waals surface area contributed by atoms with Crippen LogP contribution in [0.3, 0.4) is 0 Å². The average Bonchev–Trinajstić information content (AvgIpc) is 3.62. The van der Waals surface area contributed by atoms with Gasteiger partial charge in [-0.05, 0) is 43.7 Å². The molecule has 3 fully saturated rings. The highest BCUT2D eigenvalue weighted by molar-refractivity contribution is 7.89. The van der Waals surface area contributed by atoms with Crippen molar-refractivity contribution >= 4 is 27.3 Å². The van der Waals surface area contributed by atoms with Gasteiger partial charge in [-0.2, -0.15) is 4.31 Å². The molecule has 3 aliphatic rings. The molecule has 2 heterocycles. The van der Waals surface area contributed by atoms with Gasteiger partial charge in [-0.25, -0.2) is 8.42 Å². The van der Waals surface area contributed by atoms with Gasteiger partial charge in [0.05, 0.1) is 23.0 Å². The molecule has 0 unspecified atom stereocenters. The average molecular weight is 453 g/mol. The molecule has 170 valence electrons. The molecule has 1 saturated carbocycles. The minimum Gasteiger partial charge on any atom is -0.379 e. The summed E-state index contributed by atoms with van der Waals surface area (Å²) in [6, 6.07) is 4.09. The van der Waals surface area contributed by atoms with Crippen LogP contribution < -0.4 is 10.2 Å². The molecule has 0 radical (unpaired) electrons. The number of nitro groups is 1. The summed E-state index contributed by atoms with van der Waals surface area (Å²) < 4.78 is 32.2. The first-order chi connectivity index (χ1) is 14.9. The van der Waals surface area contributed by atoms with Gasteiger partial charge in [-0.15, -0.1) is 0 Å². The number of morpholine rings is 1. The van der Waals surface area contributed by atoms with Crippen molar-refractivity contribution in [2.75, 3.05) is 50.8 Å². The molecule has 4 rings (SSSR count). The highest BCUT2D eigenvalue weighted by Crippen LogP contribution is 2.34. The summed E-state index contributed by atoms with van der Waals surface area (Å²) >= 11 is 0. The van der Waals surface area contributed by atoms with Crippen molar-refractivity contribution in [1.29, 1.82) is 0 Å². The molecule has 11 heteroatoms. The highest BCUT2D eigenvalue weighted by Gasteiger charge is 2.32. The Balaban J connectivity index is 1.46. The summed E-state index contributed by atoms with van der Waals surface area (Å²) in [4.78, 5) is 25.3. The van der Waals surface area contributed by atoms with Crippen LogP contribution in [0.2, 0.25) is 0 Å². The molecule has 1 aromatic carbocycles. The van der Waals surface area contributed by atoms with E-state index in [2.05, 4.69) is 5.32 Å². The lowest BCUT2D eigenvalue weighted by Crippen LogP contribution is -2.41. The maximum Gasteiger partial charge on any atom is 0.293 e. The SMILES string of the molecule is O=C(NCC1CC1)C1CCN(c2ccc(S(=O)(=O)N3CCOCC3)cc2[N+](=O)[O-])CC1. The first kappa shape index (κ1) is 22.0. The predicted octanol–water partition coefficient (Wildman–Crippen LogP) is 1.36. The molecule has 1 N–H and O–H groups in total. The maximum absolute atomic E-state index is 12.9.